The molecule has 0 radical (unpaired) electrons. The molecular formula is C17H17NS. The van der Waals surface area contributed by atoms with Crippen molar-refractivity contribution in [1.82, 2.24) is 5.32 Å². The van der Waals surface area contributed by atoms with Crippen molar-refractivity contribution in [2.75, 3.05) is 6.54 Å². The van der Waals surface area contributed by atoms with Crippen molar-refractivity contribution in [2.24, 2.45) is 0 Å². The molecule has 0 saturated carbocycles. The highest BCUT2D eigenvalue weighted by atomic mass is 32.1. The van der Waals surface area contributed by atoms with Crippen LogP contribution in [0, 0.1) is 0 Å². The van der Waals surface area contributed by atoms with Crippen molar-refractivity contribution in [3.8, 4) is 10.4 Å². The largest absolute Gasteiger partial charge is 0.312 e. The van der Waals surface area contributed by atoms with E-state index in [1.54, 1.807) is 0 Å². The fraction of sp³-hybridized carbons (Fsp3) is 0.176. The van der Waals surface area contributed by atoms with Crippen LogP contribution in [-0.2, 0) is 6.54 Å². The molecule has 19 heavy (non-hydrogen) atoms. The zero-order chi connectivity index (χ0) is 13.1. The lowest BCUT2D eigenvalue weighted by molar-refractivity contribution is 0.735. The van der Waals surface area contributed by atoms with E-state index >= 15 is 0 Å². The van der Waals surface area contributed by atoms with E-state index < -0.39 is 0 Å². The van der Waals surface area contributed by atoms with Gasteiger partial charge in [-0.05, 0) is 35.0 Å². The average molecular weight is 267 g/mol. The lowest BCUT2D eigenvalue weighted by Gasteiger charge is -2.04. The van der Waals surface area contributed by atoms with E-state index in [0.29, 0.717) is 0 Å². The number of fused-ring (bicyclic) bond motifs is 1. The molecule has 0 amide bonds. The highest BCUT2D eigenvalue weighted by Crippen LogP contribution is 2.33. The summed E-state index contributed by atoms with van der Waals surface area (Å²) in [5.74, 6) is 0. The minimum Gasteiger partial charge on any atom is -0.312 e. The minimum absolute atomic E-state index is 0.964. The van der Waals surface area contributed by atoms with Crippen LogP contribution < -0.4 is 5.32 Å². The van der Waals surface area contributed by atoms with E-state index in [4.69, 9.17) is 0 Å². The van der Waals surface area contributed by atoms with Gasteiger partial charge in [-0.1, -0.05) is 49.4 Å². The number of nitrogens with one attached hydrogen (secondary N) is 1. The van der Waals surface area contributed by atoms with Crippen LogP contribution in [0.3, 0.4) is 0 Å². The van der Waals surface area contributed by atoms with Crippen LogP contribution >= 0.6 is 11.3 Å². The van der Waals surface area contributed by atoms with E-state index in [2.05, 4.69) is 66.8 Å². The van der Waals surface area contributed by atoms with Gasteiger partial charge in [0, 0.05) is 16.3 Å². The molecule has 0 fully saturated rings. The molecule has 96 valence electrons. The molecule has 2 heteroatoms. The van der Waals surface area contributed by atoms with Gasteiger partial charge in [0.15, 0.2) is 0 Å². The molecule has 1 nitrogen and oxygen atoms in total. The summed E-state index contributed by atoms with van der Waals surface area (Å²) in [5.41, 5.74) is 1.34. The Labute approximate surface area is 117 Å². The number of hydrogen-bond acceptors (Lipinski definition) is 2. The first kappa shape index (κ1) is 12.4. The van der Waals surface area contributed by atoms with Gasteiger partial charge in [-0.25, -0.2) is 0 Å². The van der Waals surface area contributed by atoms with Crippen molar-refractivity contribution in [1.29, 1.82) is 0 Å². The monoisotopic (exact) mass is 267 g/mol. The maximum absolute atomic E-state index is 3.38. The van der Waals surface area contributed by atoms with Gasteiger partial charge in [-0.15, -0.1) is 11.3 Å². The Morgan fingerprint density at radius 2 is 1.79 bits per heavy atom. The zero-order valence-electron chi connectivity index (χ0n) is 11.0. The zero-order valence-corrected chi connectivity index (χ0v) is 11.8. The Kier molecular flexibility index (Phi) is 3.62. The van der Waals surface area contributed by atoms with Crippen LogP contribution in [-0.4, -0.2) is 6.54 Å². The summed E-state index contributed by atoms with van der Waals surface area (Å²) in [5, 5.41) is 6.02. The van der Waals surface area contributed by atoms with Crippen molar-refractivity contribution in [2.45, 2.75) is 13.5 Å². The quantitative estimate of drug-likeness (QED) is 0.724. The van der Waals surface area contributed by atoms with E-state index in [1.165, 1.54) is 26.1 Å². The maximum Gasteiger partial charge on any atom is 0.0352 e. The second kappa shape index (κ2) is 5.55. The van der Waals surface area contributed by atoms with Crippen LogP contribution in [0.25, 0.3) is 21.2 Å². The Bertz CT molecular complexity index is 679. The van der Waals surface area contributed by atoms with Crippen LogP contribution in [0.1, 0.15) is 11.8 Å². The van der Waals surface area contributed by atoms with Gasteiger partial charge in [0.25, 0.3) is 0 Å². The molecule has 3 rings (SSSR count). The lowest BCUT2D eigenvalue weighted by atomic mass is 10.0. The summed E-state index contributed by atoms with van der Waals surface area (Å²) in [6, 6.07) is 19.6. The van der Waals surface area contributed by atoms with Gasteiger partial charge < -0.3 is 5.32 Å². The first-order chi connectivity index (χ1) is 9.38. The van der Waals surface area contributed by atoms with Gasteiger partial charge in [-0.3, -0.25) is 0 Å². The third-order valence-corrected chi connectivity index (χ3v) is 4.38. The predicted molar refractivity (Wildman–Crippen MR) is 84.6 cm³/mol. The van der Waals surface area contributed by atoms with E-state index in [9.17, 15) is 0 Å². The molecule has 0 aliphatic carbocycles. The maximum atomic E-state index is 3.38. The number of rotatable bonds is 4. The van der Waals surface area contributed by atoms with Crippen molar-refractivity contribution < 1.29 is 0 Å². The predicted octanol–water partition coefficient (Wildman–Crippen LogP) is 4.68. The van der Waals surface area contributed by atoms with Crippen molar-refractivity contribution >= 4 is 22.1 Å². The third-order valence-electron chi connectivity index (χ3n) is 3.27. The molecule has 0 spiro atoms. The number of benzene rings is 2. The summed E-state index contributed by atoms with van der Waals surface area (Å²) in [7, 11) is 0. The van der Waals surface area contributed by atoms with Crippen LogP contribution in [0.2, 0.25) is 0 Å². The molecule has 2 aromatic carbocycles. The molecule has 1 aromatic heterocycles. The number of thiophene rings is 1. The highest BCUT2D eigenvalue weighted by molar-refractivity contribution is 7.15. The Balaban J connectivity index is 2.02. The Morgan fingerprint density at radius 3 is 2.68 bits per heavy atom. The van der Waals surface area contributed by atoms with Gasteiger partial charge >= 0.3 is 0 Å². The normalized spacial score (nSPS) is 11.0. The van der Waals surface area contributed by atoms with Gasteiger partial charge in [-0.2, -0.15) is 0 Å². The SMILES string of the molecule is CCNCc1ccc(-c2cccc3ccccc23)s1. The van der Waals surface area contributed by atoms with Crippen LogP contribution in [0.15, 0.2) is 54.6 Å². The molecule has 1 heterocycles. The standard InChI is InChI=1S/C17H17NS/c1-2-18-12-14-10-11-17(19-14)16-9-5-7-13-6-3-4-8-15(13)16/h3-11,18H,2,12H2,1H3. The summed E-state index contributed by atoms with van der Waals surface area (Å²) >= 11 is 1.88. The topological polar surface area (TPSA) is 12.0 Å². The van der Waals surface area contributed by atoms with Crippen LogP contribution in [0.5, 0.6) is 0 Å². The van der Waals surface area contributed by atoms with Crippen molar-refractivity contribution in [3.63, 3.8) is 0 Å². The molecule has 1 N–H and O–H groups in total. The average Bonchev–Trinajstić information content (AvgIpc) is 2.93. The fourth-order valence-corrected chi connectivity index (χ4v) is 3.32. The molecule has 0 bridgehead atoms. The van der Waals surface area contributed by atoms with Gasteiger partial charge in [0.2, 0.25) is 0 Å². The van der Waals surface area contributed by atoms with Crippen LogP contribution in [0.4, 0.5) is 0 Å². The second-order valence-corrected chi connectivity index (χ2v) is 5.74. The summed E-state index contributed by atoms with van der Waals surface area (Å²) in [6.45, 7) is 4.12. The molecular weight excluding hydrogens is 250 g/mol. The molecule has 3 aromatic rings. The number of hydrogen-bond donors (Lipinski definition) is 1. The molecule has 0 aliphatic rings. The molecule has 0 aliphatic heterocycles. The fourth-order valence-electron chi connectivity index (χ4n) is 2.31. The third kappa shape index (κ3) is 2.55. The lowest BCUT2D eigenvalue weighted by Crippen LogP contribution is -2.10. The highest BCUT2D eigenvalue weighted by Gasteiger charge is 2.06. The first-order valence-electron chi connectivity index (χ1n) is 6.66. The van der Waals surface area contributed by atoms with E-state index in [1.807, 2.05) is 11.3 Å². The minimum atomic E-state index is 0.964. The summed E-state index contributed by atoms with van der Waals surface area (Å²) < 4.78 is 0. The summed E-state index contributed by atoms with van der Waals surface area (Å²) in [4.78, 5) is 2.74. The van der Waals surface area contributed by atoms with E-state index in [-0.39, 0.29) is 0 Å². The second-order valence-electron chi connectivity index (χ2n) is 4.57. The first-order valence-corrected chi connectivity index (χ1v) is 7.47. The summed E-state index contributed by atoms with van der Waals surface area (Å²) in [6.07, 6.45) is 0. The van der Waals surface area contributed by atoms with Gasteiger partial charge in [0.1, 0.15) is 0 Å². The Hall–Kier alpha value is -1.64. The van der Waals surface area contributed by atoms with E-state index in [0.717, 1.165) is 13.1 Å². The molecule has 0 unspecified atom stereocenters. The molecule has 0 atom stereocenters. The van der Waals surface area contributed by atoms with Gasteiger partial charge in [0.05, 0.1) is 0 Å². The molecule has 0 saturated heterocycles. The smallest absolute Gasteiger partial charge is 0.0352 e. The van der Waals surface area contributed by atoms with Crippen molar-refractivity contribution in [3.05, 3.63) is 59.5 Å². The Morgan fingerprint density at radius 1 is 0.947 bits per heavy atom.